The third-order valence-electron chi connectivity index (χ3n) is 5.03. The highest BCUT2D eigenvalue weighted by Gasteiger charge is 2.43. The fourth-order valence-electron chi connectivity index (χ4n) is 3.86. The normalized spacial score (nSPS) is 23.1. The molecule has 5 N–H and O–H groups in total. The first-order valence-corrected chi connectivity index (χ1v) is 9.92. The second-order valence-corrected chi connectivity index (χ2v) is 8.99. The fraction of sp³-hybridized carbons (Fsp3) is 0.350. The van der Waals surface area contributed by atoms with E-state index in [1.807, 2.05) is 25.3 Å². The minimum atomic E-state index is -0.468. The van der Waals surface area contributed by atoms with Gasteiger partial charge in [-0.1, -0.05) is 13.8 Å². The summed E-state index contributed by atoms with van der Waals surface area (Å²) in [6, 6.07) is 3.71. The molecule has 0 saturated heterocycles. The van der Waals surface area contributed by atoms with E-state index in [1.165, 1.54) is 18.0 Å². The van der Waals surface area contributed by atoms with Crippen LogP contribution in [0.25, 0.3) is 0 Å². The highest BCUT2D eigenvalue weighted by Crippen LogP contribution is 2.46. The van der Waals surface area contributed by atoms with Crippen LogP contribution in [0.15, 0.2) is 56.0 Å². The number of furan rings is 1. The van der Waals surface area contributed by atoms with Crippen molar-refractivity contribution in [3.63, 3.8) is 0 Å². The molecule has 8 heteroatoms. The van der Waals surface area contributed by atoms with Crippen LogP contribution in [0, 0.1) is 17.7 Å². The Bertz CT molecular complexity index is 1030. The van der Waals surface area contributed by atoms with E-state index >= 15 is 0 Å². The molecule has 0 spiro atoms. The van der Waals surface area contributed by atoms with Gasteiger partial charge in [-0.15, -0.1) is 0 Å². The molecule has 0 bridgehead atoms. The number of H-pyrrole nitrogens is 1. The third kappa shape index (κ3) is 3.28. The van der Waals surface area contributed by atoms with E-state index in [9.17, 15) is 4.79 Å². The molecule has 2 aliphatic rings. The first kappa shape index (κ1) is 18.6. The monoisotopic (exact) mass is 397 g/mol. The van der Waals surface area contributed by atoms with Gasteiger partial charge in [0, 0.05) is 35.7 Å². The maximum atomic E-state index is 13.0. The smallest absolute Gasteiger partial charge is 0.173 e. The first-order chi connectivity index (χ1) is 13.3. The van der Waals surface area contributed by atoms with Crippen LogP contribution in [-0.2, 0) is 4.79 Å². The number of nitrogens with zero attached hydrogens (tertiary/aromatic N) is 1. The van der Waals surface area contributed by atoms with E-state index < -0.39 is 5.92 Å². The summed E-state index contributed by atoms with van der Waals surface area (Å²) in [6.45, 7) is 6.05. The molecule has 7 nitrogen and oxygen atoms in total. The van der Waals surface area contributed by atoms with Crippen molar-refractivity contribution in [3.8, 4) is 0 Å². The van der Waals surface area contributed by atoms with Crippen molar-refractivity contribution in [1.29, 1.82) is 5.41 Å². The molecule has 28 heavy (non-hydrogen) atoms. The van der Waals surface area contributed by atoms with Gasteiger partial charge in [0.1, 0.15) is 11.6 Å². The molecule has 0 fully saturated rings. The Morgan fingerprint density at radius 2 is 2.18 bits per heavy atom. The molecule has 3 heterocycles. The maximum Gasteiger partial charge on any atom is 0.173 e. The quantitative estimate of drug-likeness (QED) is 0.628. The Labute approximate surface area is 167 Å². The molecule has 0 saturated carbocycles. The van der Waals surface area contributed by atoms with Gasteiger partial charge in [0.25, 0.3) is 0 Å². The molecule has 4 rings (SSSR count). The van der Waals surface area contributed by atoms with Crippen LogP contribution in [0.3, 0.4) is 0 Å². The van der Waals surface area contributed by atoms with Gasteiger partial charge in [0.15, 0.2) is 16.0 Å². The van der Waals surface area contributed by atoms with Crippen LogP contribution in [-0.4, -0.2) is 21.6 Å². The molecule has 1 unspecified atom stereocenters. The second kappa shape index (κ2) is 6.70. The highest BCUT2D eigenvalue weighted by molar-refractivity contribution is 7.99. The molecule has 0 amide bonds. The lowest BCUT2D eigenvalue weighted by Crippen LogP contribution is -2.42. The van der Waals surface area contributed by atoms with Gasteiger partial charge in [0.2, 0.25) is 0 Å². The number of hydrogen-bond acceptors (Lipinski definition) is 6. The van der Waals surface area contributed by atoms with E-state index in [1.54, 1.807) is 0 Å². The number of Topliss-reactive ketones (excluding diaryl/α,β-unsaturated/α-hetero) is 1. The van der Waals surface area contributed by atoms with Crippen LogP contribution in [0.5, 0.6) is 0 Å². The van der Waals surface area contributed by atoms with E-state index in [-0.39, 0.29) is 17.0 Å². The first-order valence-electron chi connectivity index (χ1n) is 9.11. The molecule has 2 aromatic rings. The van der Waals surface area contributed by atoms with Crippen molar-refractivity contribution >= 4 is 23.4 Å². The molecule has 2 aromatic heterocycles. The minimum Gasteiger partial charge on any atom is -0.453 e. The summed E-state index contributed by atoms with van der Waals surface area (Å²) in [5, 5.41) is 12.9. The fourth-order valence-corrected chi connectivity index (χ4v) is 4.63. The molecular weight excluding hydrogens is 374 g/mol. The number of imidazole rings is 1. The summed E-state index contributed by atoms with van der Waals surface area (Å²) in [4.78, 5) is 20.5. The summed E-state index contributed by atoms with van der Waals surface area (Å²) in [5.74, 6) is 0.422. The summed E-state index contributed by atoms with van der Waals surface area (Å²) >= 11 is 1.38. The number of aromatic nitrogens is 2. The summed E-state index contributed by atoms with van der Waals surface area (Å²) in [6.07, 6.45) is 4.39. The van der Waals surface area contributed by atoms with Crippen molar-refractivity contribution in [2.24, 2.45) is 11.1 Å². The average molecular weight is 398 g/mol. The van der Waals surface area contributed by atoms with Gasteiger partial charge in [-0.05, 0) is 42.7 Å². The van der Waals surface area contributed by atoms with Gasteiger partial charge < -0.3 is 20.5 Å². The number of hydrogen-bond donors (Lipinski definition) is 4. The lowest BCUT2D eigenvalue weighted by Gasteiger charge is -2.38. The summed E-state index contributed by atoms with van der Waals surface area (Å²) < 4.78 is 6.06. The third-order valence-corrected chi connectivity index (χ3v) is 5.85. The maximum absolute atomic E-state index is 13.0. The predicted molar refractivity (Wildman–Crippen MR) is 107 cm³/mol. The number of aromatic amines is 1. The number of aryl methyl sites for hydroxylation is 1. The molecule has 0 aromatic carbocycles. The van der Waals surface area contributed by atoms with Crippen LogP contribution >= 0.6 is 11.8 Å². The van der Waals surface area contributed by atoms with E-state index in [0.717, 1.165) is 16.5 Å². The summed E-state index contributed by atoms with van der Waals surface area (Å²) in [7, 11) is 0. The van der Waals surface area contributed by atoms with Crippen molar-refractivity contribution in [3.05, 3.63) is 52.8 Å². The molecule has 146 valence electrons. The van der Waals surface area contributed by atoms with Gasteiger partial charge in [0.05, 0.1) is 11.6 Å². The zero-order valence-corrected chi connectivity index (χ0v) is 16.9. The van der Waals surface area contributed by atoms with Gasteiger partial charge >= 0.3 is 0 Å². The van der Waals surface area contributed by atoms with Gasteiger partial charge in [-0.25, -0.2) is 4.98 Å². The Morgan fingerprint density at radius 1 is 1.39 bits per heavy atom. The number of amidine groups is 1. The number of nitrogens with one attached hydrogen (secondary N) is 3. The molecule has 1 aliphatic heterocycles. The molecule has 1 atom stereocenters. The Hall–Kier alpha value is -2.74. The number of rotatable bonds is 3. The zero-order chi connectivity index (χ0) is 20.1. The molecule has 1 aliphatic carbocycles. The standard InChI is InChI=1S/C20H23N5O2S/c1-10-9-23-19(24-10)28-15-5-4-14(27-15)16-11(8-21)18(22)25-12-6-20(2,3)7-13(26)17(12)16/h4-5,8-9,16H,6-7,21H2,1-3H3,(H2,22,25)(H,23,24)/b11-8-. The summed E-state index contributed by atoms with van der Waals surface area (Å²) in [5.41, 5.74) is 8.61. The topological polar surface area (TPSA) is 121 Å². The number of nitrogens with two attached hydrogens (primary N) is 1. The second-order valence-electron chi connectivity index (χ2n) is 7.99. The number of carbonyl (C=O) groups excluding carboxylic acids is 1. The van der Waals surface area contributed by atoms with Crippen molar-refractivity contribution < 1.29 is 9.21 Å². The Kier molecular flexibility index (Phi) is 4.45. The van der Waals surface area contributed by atoms with Crippen molar-refractivity contribution in [2.75, 3.05) is 0 Å². The average Bonchev–Trinajstić information content (AvgIpc) is 3.21. The van der Waals surface area contributed by atoms with Gasteiger partial charge in [-0.3, -0.25) is 10.2 Å². The number of carbonyl (C=O) groups is 1. The van der Waals surface area contributed by atoms with E-state index in [0.29, 0.717) is 34.8 Å². The van der Waals surface area contributed by atoms with Gasteiger partial charge in [-0.2, -0.15) is 0 Å². The van der Waals surface area contributed by atoms with Crippen LogP contribution in [0.1, 0.15) is 44.1 Å². The number of ketones is 1. The van der Waals surface area contributed by atoms with E-state index in [4.69, 9.17) is 15.6 Å². The van der Waals surface area contributed by atoms with Crippen LogP contribution in [0.4, 0.5) is 0 Å². The SMILES string of the molecule is Cc1c[nH]c(Sc2ccc(C3C4=C(CC(C)(C)CC4=O)NC(=N)/C3=C\N)o2)n1. The molecule has 0 radical (unpaired) electrons. The highest BCUT2D eigenvalue weighted by atomic mass is 32.2. The van der Waals surface area contributed by atoms with Crippen molar-refractivity contribution in [2.45, 2.75) is 49.8 Å². The largest absolute Gasteiger partial charge is 0.453 e. The number of allylic oxidation sites excluding steroid dienone is 2. The molecular formula is C20H23N5O2S. The lowest BCUT2D eigenvalue weighted by molar-refractivity contribution is -0.118. The Balaban J connectivity index is 1.73. The van der Waals surface area contributed by atoms with E-state index in [2.05, 4.69) is 29.1 Å². The van der Waals surface area contributed by atoms with Crippen LogP contribution in [0.2, 0.25) is 0 Å². The Morgan fingerprint density at radius 3 is 2.86 bits per heavy atom. The van der Waals surface area contributed by atoms with Crippen molar-refractivity contribution in [1.82, 2.24) is 15.3 Å². The van der Waals surface area contributed by atoms with Crippen LogP contribution < -0.4 is 11.1 Å². The minimum absolute atomic E-state index is 0.0721. The predicted octanol–water partition coefficient (Wildman–Crippen LogP) is 3.61. The zero-order valence-electron chi connectivity index (χ0n) is 16.1. The lowest BCUT2D eigenvalue weighted by atomic mass is 9.69.